The fraction of sp³-hybridized carbons (Fsp3) is 0.450. The number of carboxylic acids is 1. The minimum Gasteiger partial charge on any atom is -0.508 e. The van der Waals surface area contributed by atoms with Gasteiger partial charge in [0.05, 0.1) is 6.04 Å². The summed E-state index contributed by atoms with van der Waals surface area (Å²) >= 11 is 0. The Kier molecular flexibility index (Phi) is 11.1. The molecule has 182 valence electrons. The smallest absolute Gasteiger partial charge is 0.326 e. The molecule has 0 aliphatic heterocycles. The van der Waals surface area contributed by atoms with Crippen molar-refractivity contribution >= 4 is 29.7 Å². The topological polar surface area (TPSA) is 249 Å². The van der Waals surface area contributed by atoms with Gasteiger partial charge in [-0.1, -0.05) is 12.1 Å². The maximum atomic E-state index is 12.9. The average molecular weight is 466 g/mol. The van der Waals surface area contributed by atoms with Crippen LogP contribution in [0.25, 0.3) is 0 Å². The second-order valence-corrected chi connectivity index (χ2v) is 7.39. The lowest BCUT2D eigenvalue weighted by Gasteiger charge is -2.23. The number of hydrogen-bond donors (Lipinski definition) is 8. The predicted molar refractivity (Wildman–Crippen MR) is 120 cm³/mol. The van der Waals surface area contributed by atoms with Gasteiger partial charge in [0.1, 0.15) is 17.8 Å². The molecule has 12 N–H and O–H groups in total. The molecule has 0 radical (unpaired) electrons. The third-order valence-electron chi connectivity index (χ3n) is 4.61. The molecule has 33 heavy (non-hydrogen) atoms. The van der Waals surface area contributed by atoms with E-state index in [1.54, 1.807) is 12.1 Å². The van der Waals surface area contributed by atoms with E-state index in [2.05, 4.69) is 15.6 Å². The molecule has 3 amide bonds. The summed E-state index contributed by atoms with van der Waals surface area (Å²) in [5, 5.41) is 23.8. The molecule has 0 aliphatic carbocycles. The number of phenolic OH excluding ortho intramolecular Hbond substituents is 1. The van der Waals surface area contributed by atoms with Gasteiger partial charge in [-0.2, -0.15) is 0 Å². The number of aliphatic imine (C=N–C) groups is 1. The number of rotatable bonds is 14. The van der Waals surface area contributed by atoms with Gasteiger partial charge in [-0.05, 0) is 37.0 Å². The number of primary amides is 1. The molecule has 1 aromatic rings. The van der Waals surface area contributed by atoms with Crippen LogP contribution in [0, 0.1) is 0 Å². The number of nitrogens with one attached hydrogen (secondary N) is 2. The molecule has 0 aromatic heterocycles. The number of carboxylic acid groups (broad SMARTS) is 1. The van der Waals surface area contributed by atoms with Gasteiger partial charge in [-0.3, -0.25) is 19.4 Å². The zero-order chi connectivity index (χ0) is 25.0. The Balaban J connectivity index is 2.92. The van der Waals surface area contributed by atoms with Crippen molar-refractivity contribution in [1.82, 2.24) is 10.6 Å². The highest BCUT2D eigenvalue weighted by molar-refractivity contribution is 5.92. The number of carbonyl (C=O) groups excluding carboxylic acids is 3. The molecule has 3 unspecified atom stereocenters. The zero-order valence-electron chi connectivity index (χ0n) is 18.1. The fourth-order valence-corrected chi connectivity index (χ4v) is 2.82. The first-order chi connectivity index (χ1) is 15.5. The van der Waals surface area contributed by atoms with E-state index >= 15 is 0 Å². The Bertz CT molecular complexity index is 855. The number of nitrogens with two attached hydrogens (primary N) is 4. The molecule has 0 saturated heterocycles. The van der Waals surface area contributed by atoms with Gasteiger partial charge in [0, 0.05) is 19.4 Å². The fourth-order valence-electron chi connectivity index (χ4n) is 2.82. The van der Waals surface area contributed by atoms with Crippen LogP contribution in [0.1, 0.15) is 31.2 Å². The lowest BCUT2D eigenvalue weighted by molar-refractivity contribution is -0.142. The van der Waals surface area contributed by atoms with E-state index in [0.717, 1.165) is 0 Å². The molecule has 13 nitrogen and oxygen atoms in total. The Morgan fingerprint density at radius 2 is 1.55 bits per heavy atom. The Hall–Kier alpha value is -3.87. The first-order valence-electron chi connectivity index (χ1n) is 10.2. The molecule has 0 bridgehead atoms. The Morgan fingerprint density at radius 1 is 0.939 bits per heavy atom. The van der Waals surface area contributed by atoms with Crippen LogP contribution in [0.5, 0.6) is 5.75 Å². The van der Waals surface area contributed by atoms with Crippen LogP contribution in [0.15, 0.2) is 29.3 Å². The van der Waals surface area contributed by atoms with E-state index in [0.29, 0.717) is 12.0 Å². The van der Waals surface area contributed by atoms with Gasteiger partial charge in [-0.25, -0.2) is 4.79 Å². The summed E-state index contributed by atoms with van der Waals surface area (Å²) in [7, 11) is 0. The average Bonchev–Trinajstić information content (AvgIpc) is 2.74. The van der Waals surface area contributed by atoms with E-state index < -0.39 is 41.8 Å². The summed E-state index contributed by atoms with van der Waals surface area (Å²) < 4.78 is 0. The zero-order valence-corrected chi connectivity index (χ0v) is 18.1. The number of carbonyl (C=O) groups is 4. The quantitative estimate of drug-likeness (QED) is 0.0829. The number of benzene rings is 1. The van der Waals surface area contributed by atoms with Gasteiger partial charge in [-0.15, -0.1) is 0 Å². The number of guanidine groups is 1. The van der Waals surface area contributed by atoms with Crippen molar-refractivity contribution < 1.29 is 29.4 Å². The molecule has 1 aromatic carbocycles. The second kappa shape index (κ2) is 13.5. The summed E-state index contributed by atoms with van der Waals surface area (Å²) in [5.41, 5.74) is 21.9. The monoisotopic (exact) mass is 465 g/mol. The molecule has 0 aliphatic rings. The third kappa shape index (κ3) is 10.8. The van der Waals surface area contributed by atoms with Crippen molar-refractivity contribution in [2.75, 3.05) is 6.54 Å². The van der Waals surface area contributed by atoms with Gasteiger partial charge in [0.25, 0.3) is 0 Å². The highest BCUT2D eigenvalue weighted by atomic mass is 16.4. The summed E-state index contributed by atoms with van der Waals surface area (Å²) in [6.07, 6.45) is 0.219. The number of phenols is 1. The van der Waals surface area contributed by atoms with E-state index in [9.17, 15) is 29.4 Å². The molecule has 0 spiro atoms. The summed E-state index contributed by atoms with van der Waals surface area (Å²) in [6.45, 7) is 0.185. The van der Waals surface area contributed by atoms with Crippen molar-refractivity contribution in [1.29, 1.82) is 0 Å². The SMILES string of the molecule is NC(=O)CCC(N)C(=O)NC(Cc1ccc(O)cc1)C(=O)NC(CCCN=C(N)N)C(=O)O. The molecule has 3 atom stereocenters. The third-order valence-corrected chi connectivity index (χ3v) is 4.61. The lowest BCUT2D eigenvalue weighted by Crippen LogP contribution is -2.55. The van der Waals surface area contributed by atoms with Crippen LogP contribution in [0.3, 0.4) is 0 Å². The van der Waals surface area contributed by atoms with E-state index in [1.807, 2.05) is 0 Å². The Labute approximate surface area is 190 Å². The van der Waals surface area contributed by atoms with E-state index in [4.69, 9.17) is 22.9 Å². The number of nitrogens with zero attached hydrogens (tertiary/aromatic N) is 1. The molecule has 0 saturated carbocycles. The van der Waals surface area contributed by atoms with Crippen LogP contribution in [0.2, 0.25) is 0 Å². The van der Waals surface area contributed by atoms with Crippen LogP contribution < -0.4 is 33.6 Å². The summed E-state index contributed by atoms with van der Waals surface area (Å²) in [4.78, 5) is 51.6. The number of amides is 3. The van der Waals surface area contributed by atoms with Crippen LogP contribution >= 0.6 is 0 Å². The molecule has 0 fully saturated rings. The number of aliphatic carboxylic acids is 1. The normalized spacial score (nSPS) is 13.2. The predicted octanol–water partition coefficient (Wildman–Crippen LogP) is -2.36. The Morgan fingerprint density at radius 3 is 2.09 bits per heavy atom. The van der Waals surface area contributed by atoms with Crippen molar-refractivity contribution in [3.05, 3.63) is 29.8 Å². The number of aromatic hydroxyl groups is 1. The molecular weight excluding hydrogens is 434 g/mol. The standard InChI is InChI=1S/C20H31N7O6/c21-13(7-8-16(22)29)17(30)27-15(10-11-3-5-12(28)6-4-11)18(31)26-14(19(32)33)2-1-9-25-20(23)24/h3-6,13-15,28H,1-2,7-10,21H2,(H2,22,29)(H,26,31)(H,27,30)(H,32,33)(H4,23,24,25). The lowest BCUT2D eigenvalue weighted by atomic mass is 10.0. The molecular formula is C20H31N7O6. The first kappa shape index (κ1) is 27.2. The van der Waals surface area contributed by atoms with E-state index in [-0.39, 0.29) is 43.9 Å². The molecule has 0 heterocycles. The summed E-state index contributed by atoms with van der Waals surface area (Å²) in [6, 6.07) is 2.43. The molecule has 1 rings (SSSR count). The van der Waals surface area contributed by atoms with Gasteiger partial charge < -0.3 is 43.8 Å². The van der Waals surface area contributed by atoms with Crippen LogP contribution in [0.4, 0.5) is 0 Å². The minimum atomic E-state index is -1.26. The van der Waals surface area contributed by atoms with Crippen molar-refractivity contribution in [3.8, 4) is 5.75 Å². The van der Waals surface area contributed by atoms with Gasteiger partial charge >= 0.3 is 5.97 Å². The van der Waals surface area contributed by atoms with Crippen LogP contribution in [-0.2, 0) is 25.6 Å². The van der Waals surface area contributed by atoms with Crippen molar-refractivity contribution in [3.63, 3.8) is 0 Å². The van der Waals surface area contributed by atoms with Gasteiger partial charge in [0.2, 0.25) is 17.7 Å². The second-order valence-electron chi connectivity index (χ2n) is 7.39. The van der Waals surface area contributed by atoms with Gasteiger partial charge in [0.15, 0.2) is 5.96 Å². The molecule has 13 heteroatoms. The van der Waals surface area contributed by atoms with Crippen molar-refractivity contribution in [2.45, 2.75) is 50.2 Å². The summed E-state index contributed by atoms with van der Waals surface area (Å²) in [5.74, 6) is -3.44. The maximum Gasteiger partial charge on any atom is 0.326 e. The minimum absolute atomic E-state index is 0.000726. The first-order valence-corrected chi connectivity index (χ1v) is 10.2. The maximum absolute atomic E-state index is 12.9. The highest BCUT2D eigenvalue weighted by Gasteiger charge is 2.28. The highest BCUT2D eigenvalue weighted by Crippen LogP contribution is 2.12. The largest absolute Gasteiger partial charge is 0.508 e. The van der Waals surface area contributed by atoms with E-state index in [1.165, 1.54) is 12.1 Å². The van der Waals surface area contributed by atoms with Crippen molar-refractivity contribution in [2.24, 2.45) is 27.9 Å². The van der Waals surface area contributed by atoms with Crippen LogP contribution in [-0.4, -0.2) is 64.5 Å². The number of hydrogen-bond acceptors (Lipinski definition) is 7.